The molecule has 0 aromatic heterocycles. The van der Waals surface area contributed by atoms with Gasteiger partial charge in [-0.3, -0.25) is 5.41 Å². The number of rotatable bonds is 4. The van der Waals surface area contributed by atoms with E-state index in [1.165, 1.54) is 19.3 Å². The van der Waals surface area contributed by atoms with Crippen molar-refractivity contribution in [2.45, 2.75) is 57.4 Å². The Morgan fingerprint density at radius 3 is 2.50 bits per heavy atom. The van der Waals surface area contributed by atoms with E-state index in [2.05, 4.69) is 5.32 Å². The van der Waals surface area contributed by atoms with E-state index >= 15 is 0 Å². The second-order valence-corrected chi connectivity index (χ2v) is 4.42. The van der Waals surface area contributed by atoms with Crippen LogP contribution in [0.3, 0.4) is 0 Å². The molecule has 3 N–H and O–H groups in total. The van der Waals surface area contributed by atoms with Crippen LogP contribution in [0.15, 0.2) is 0 Å². The second-order valence-electron chi connectivity index (χ2n) is 4.42. The lowest BCUT2D eigenvalue weighted by Crippen LogP contribution is -2.48. The Morgan fingerprint density at radius 1 is 1.36 bits per heavy atom. The first-order chi connectivity index (χ1) is 6.68. The zero-order chi connectivity index (χ0) is 10.4. The third-order valence-electron chi connectivity index (χ3n) is 3.08. The molecule has 0 aliphatic heterocycles. The molecule has 1 fully saturated rings. The molecule has 0 amide bonds. The van der Waals surface area contributed by atoms with Gasteiger partial charge >= 0.3 is 0 Å². The predicted octanol–water partition coefficient (Wildman–Crippen LogP) is 2.05. The molecule has 82 valence electrons. The number of aliphatic hydroxyl groups excluding tert-OH is 1. The molecule has 0 aromatic carbocycles. The minimum atomic E-state index is 0.118. The summed E-state index contributed by atoms with van der Waals surface area (Å²) in [7, 11) is 0. The topological polar surface area (TPSA) is 56.1 Å². The highest BCUT2D eigenvalue weighted by Crippen LogP contribution is 2.31. The van der Waals surface area contributed by atoms with E-state index in [1.807, 2.05) is 0 Å². The molecule has 3 nitrogen and oxygen atoms in total. The van der Waals surface area contributed by atoms with E-state index in [-0.39, 0.29) is 12.1 Å². The minimum Gasteiger partial charge on any atom is -0.396 e. The van der Waals surface area contributed by atoms with Crippen LogP contribution in [-0.2, 0) is 0 Å². The van der Waals surface area contributed by atoms with Crippen molar-refractivity contribution in [3.05, 3.63) is 0 Å². The van der Waals surface area contributed by atoms with Crippen LogP contribution in [0.25, 0.3) is 0 Å². The summed E-state index contributed by atoms with van der Waals surface area (Å²) in [6, 6.07) is 0. The van der Waals surface area contributed by atoms with Crippen molar-refractivity contribution < 1.29 is 5.11 Å². The van der Waals surface area contributed by atoms with Gasteiger partial charge < -0.3 is 10.4 Å². The molecule has 0 unspecified atom stereocenters. The largest absolute Gasteiger partial charge is 0.396 e. The highest BCUT2D eigenvalue weighted by Gasteiger charge is 2.31. The standard InChI is InChI=1S/C11H22N2O/c1-10(12)13-11(8-5-9-14)6-3-2-4-7-11/h14H,2-9H2,1H3,(H2,12,13). The zero-order valence-electron chi connectivity index (χ0n) is 9.10. The Morgan fingerprint density at radius 2 is 2.00 bits per heavy atom. The van der Waals surface area contributed by atoms with E-state index in [1.54, 1.807) is 6.92 Å². The average Bonchev–Trinajstić information content (AvgIpc) is 2.15. The fraction of sp³-hybridized carbons (Fsp3) is 0.909. The van der Waals surface area contributed by atoms with Crippen molar-refractivity contribution >= 4 is 5.84 Å². The monoisotopic (exact) mass is 198 g/mol. The number of hydrogen-bond donors (Lipinski definition) is 3. The fourth-order valence-electron chi connectivity index (χ4n) is 2.48. The predicted molar refractivity (Wildman–Crippen MR) is 58.7 cm³/mol. The maximum absolute atomic E-state index is 8.86. The van der Waals surface area contributed by atoms with Crippen molar-refractivity contribution in [2.24, 2.45) is 0 Å². The summed E-state index contributed by atoms with van der Waals surface area (Å²) in [6.45, 7) is 2.07. The maximum atomic E-state index is 8.86. The van der Waals surface area contributed by atoms with Crippen molar-refractivity contribution in [3.8, 4) is 0 Å². The number of nitrogens with one attached hydrogen (secondary N) is 2. The Balaban J connectivity index is 2.52. The number of aliphatic hydroxyl groups is 1. The smallest absolute Gasteiger partial charge is 0.0904 e. The SMILES string of the molecule is CC(=N)NC1(CCCO)CCCCC1. The summed E-state index contributed by atoms with van der Waals surface area (Å²) in [6.07, 6.45) is 7.99. The number of hydrogen-bond acceptors (Lipinski definition) is 2. The molecule has 3 heteroatoms. The summed E-state index contributed by atoms with van der Waals surface area (Å²) >= 11 is 0. The summed E-state index contributed by atoms with van der Waals surface area (Å²) in [5, 5.41) is 19.7. The Hall–Kier alpha value is -0.570. The average molecular weight is 198 g/mol. The van der Waals surface area contributed by atoms with Crippen LogP contribution >= 0.6 is 0 Å². The van der Waals surface area contributed by atoms with Crippen LogP contribution in [0.5, 0.6) is 0 Å². The molecule has 0 atom stereocenters. The summed E-state index contributed by atoms with van der Waals surface area (Å²) in [5.41, 5.74) is 0.118. The van der Waals surface area contributed by atoms with Crippen LogP contribution in [0, 0.1) is 5.41 Å². The molecule has 0 saturated heterocycles. The van der Waals surface area contributed by atoms with E-state index in [4.69, 9.17) is 10.5 Å². The third kappa shape index (κ3) is 3.29. The lowest BCUT2D eigenvalue weighted by Gasteiger charge is -2.38. The van der Waals surface area contributed by atoms with Gasteiger partial charge in [0.25, 0.3) is 0 Å². The molecule has 1 rings (SSSR count). The van der Waals surface area contributed by atoms with Gasteiger partial charge in [-0.25, -0.2) is 0 Å². The van der Waals surface area contributed by atoms with Crippen molar-refractivity contribution in [1.82, 2.24) is 5.32 Å². The molecular weight excluding hydrogens is 176 g/mol. The van der Waals surface area contributed by atoms with Gasteiger partial charge in [-0.2, -0.15) is 0 Å². The lowest BCUT2D eigenvalue weighted by molar-refractivity contribution is 0.210. The first kappa shape index (κ1) is 11.5. The summed E-state index contributed by atoms with van der Waals surface area (Å²) in [4.78, 5) is 0. The van der Waals surface area contributed by atoms with Gasteiger partial charge in [0.2, 0.25) is 0 Å². The molecule has 1 aliphatic carbocycles. The van der Waals surface area contributed by atoms with Gasteiger partial charge in [0, 0.05) is 12.1 Å². The quantitative estimate of drug-likeness (QED) is 0.478. The highest BCUT2D eigenvalue weighted by atomic mass is 16.2. The summed E-state index contributed by atoms with van der Waals surface area (Å²) in [5.74, 6) is 0.560. The Labute approximate surface area is 86.4 Å². The Bertz CT molecular complexity index is 186. The first-order valence-corrected chi connectivity index (χ1v) is 5.63. The first-order valence-electron chi connectivity index (χ1n) is 5.63. The maximum Gasteiger partial charge on any atom is 0.0904 e. The van der Waals surface area contributed by atoms with E-state index in [0.717, 1.165) is 25.7 Å². The van der Waals surface area contributed by atoms with Gasteiger partial charge in [0.15, 0.2) is 0 Å². The normalized spacial score (nSPS) is 20.4. The van der Waals surface area contributed by atoms with Crippen LogP contribution < -0.4 is 5.32 Å². The van der Waals surface area contributed by atoms with Crippen molar-refractivity contribution in [3.63, 3.8) is 0 Å². The molecule has 0 heterocycles. The van der Waals surface area contributed by atoms with Crippen LogP contribution in [0.4, 0.5) is 0 Å². The summed E-state index contributed by atoms with van der Waals surface area (Å²) < 4.78 is 0. The van der Waals surface area contributed by atoms with Gasteiger partial charge in [-0.1, -0.05) is 19.3 Å². The highest BCUT2D eigenvalue weighted by molar-refractivity contribution is 5.76. The number of amidine groups is 1. The van der Waals surface area contributed by atoms with Gasteiger partial charge in [0.05, 0.1) is 5.84 Å². The zero-order valence-corrected chi connectivity index (χ0v) is 9.10. The lowest BCUT2D eigenvalue weighted by atomic mass is 9.78. The van der Waals surface area contributed by atoms with Crippen molar-refractivity contribution in [1.29, 1.82) is 5.41 Å². The molecular formula is C11H22N2O. The molecule has 1 aliphatic rings. The van der Waals surface area contributed by atoms with Crippen LogP contribution in [-0.4, -0.2) is 23.1 Å². The Kier molecular flexibility index (Phi) is 4.39. The molecule has 1 saturated carbocycles. The molecule has 0 spiro atoms. The van der Waals surface area contributed by atoms with Crippen LogP contribution in [0.1, 0.15) is 51.9 Å². The molecule has 0 radical (unpaired) electrons. The van der Waals surface area contributed by atoms with E-state index in [0.29, 0.717) is 5.84 Å². The van der Waals surface area contributed by atoms with E-state index < -0.39 is 0 Å². The fourth-order valence-corrected chi connectivity index (χ4v) is 2.48. The van der Waals surface area contributed by atoms with Crippen molar-refractivity contribution in [2.75, 3.05) is 6.61 Å². The van der Waals surface area contributed by atoms with Crippen LogP contribution in [0.2, 0.25) is 0 Å². The van der Waals surface area contributed by atoms with Gasteiger partial charge in [-0.05, 0) is 32.6 Å². The van der Waals surface area contributed by atoms with Gasteiger partial charge in [0.1, 0.15) is 0 Å². The minimum absolute atomic E-state index is 0.118. The molecule has 14 heavy (non-hydrogen) atoms. The molecule has 0 bridgehead atoms. The third-order valence-corrected chi connectivity index (χ3v) is 3.08. The molecule has 0 aromatic rings. The second kappa shape index (κ2) is 5.35. The van der Waals surface area contributed by atoms with Gasteiger partial charge in [-0.15, -0.1) is 0 Å². The van der Waals surface area contributed by atoms with E-state index in [9.17, 15) is 0 Å².